The van der Waals surface area contributed by atoms with E-state index >= 15 is 0 Å². The van der Waals surface area contributed by atoms with Gasteiger partial charge in [0.05, 0.1) is 0 Å². The lowest BCUT2D eigenvalue weighted by Crippen LogP contribution is -1.92. The van der Waals surface area contributed by atoms with Gasteiger partial charge in [0.1, 0.15) is 11.5 Å². The van der Waals surface area contributed by atoms with Gasteiger partial charge in [0.25, 0.3) is 0 Å². The third-order valence-corrected chi connectivity index (χ3v) is 1.61. The molecule has 2 rings (SSSR count). The van der Waals surface area contributed by atoms with E-state index in [-0.39, 0.29) is 0 Å². The van der Waals surface area contributed by atoms with E-state index in [1.54, 1.807) is 10.6 Å². The minimum atomic E-state index is 0.454. The van der Waals surface area contributed by atoms with Crippen molar-refractivity contribution in [2.75, 3.05) is 0 Å². The van der Waals surface area contributed by atoms with E-state index in [4.69, 9.17) is 11.6 Å². The van der Waals surface area contributed by atoms with E-state index in [0.29, 0.717) is 5.15 Å². The quantitative estimate of drug-likeness (QED) is 0.592. The summed E-state index contributed by atoms with van der Waals surface area (Å²) in [7, 11) is 0. The second-order valence-corrected chi connectivity index (χ2v) is 2.64. The molecule has 0 radical (unpaired) electrons. The van der Waals surface area contributed by atoms with Crippen LogP contribution in [0.25, 0.3) is 5.65 Å². The minimum Gasteiger partial charge on any atom is -0.199 e. The maximum Gasteiger partial charge on any atom is 0.180 e. The zero-order valence-electron chi connectivity index (χ0n) is 5.82. The minimum absolute atomic E-state index is 0.454. The lowest BCUT2D eigenvalue weighted by Gasteiger charge is -1.94. The molecule has 0 aliphatic heterocycles. The van der Waals surface area contributed by atoms with Gasteiger partial charge in [0.2, 0.25) is 0 Å². The topological polar surface area (TPSA) is 43.1 Å². The summed E-state index contributed by atoms with van der Waals surface area (Å²) >= 11 is 5.69. The SMILES string of the molecule is Cc1cc(Cl)nn2cnnc12. The number of halogens is 1. The summed E-state index contributed by atoms with van der Waals surface area (Å²) in [6.45, 7) is 1.91. The Bertz CT molecular complexity index is 394. The van der Waals surface area contributed by atoms with Crippen LogP contribution in [0, 0.1) is 6.92 Å². The van der Waals surface area contributed by atoms with Crippen molar-refractivity contribution in [2.24, 2.45) is 0 Å². The first-order chi connectivity index (χ1) is 5.27. The Labute approximate surface area is 67.8 Å². The fraction of sp³-hybridized carbons (Fsp3) is 0.167. The van der Waals surface area contributed by atoms with Crippen molar-refractivity contribution < 1.29 is 0 Å². The molecule has 0 aliphatic rings. The number of rotatable bonds is 0. The molecule has 2 heterocycles. The average Bonchev–Trinajstić information content (AvgIpc) is 2.34. The van der Waals surface area contributed by atoms with Crippen LogP contribution in [0.3, 0.4) is 0 Å². The third kappa shape index (κ3) is 0.952. The molecule has 11 heavy (non-hydrogen) atoms. The molecular weight excluding hydrogens is 164 g/mol. The van der Waals surface area contributed by atoms with Crippen LogP contribution >= 0.6 is 11.6 Å². The first-order valence-corrected chi connectivity index (χ1v) is 3.48. The number of hydrogen-bond acceptors (Lipinski definition) is 3. The lowest BCUT2D eigenvalue weighted by atomic mass is 10.3. The van der Waals surface area contributed by atoms with Crippen molar-refractivity contribution in [1.29, 1.82) is 0 Å². The monoisotopic (exact) mass is 168 g/mol. The Morgan fingerprint density at radius 3 is 3.18 bits per heavy atom. The van der Waals surface area contributed by atoms with E-state index < -0.39 is 0 Å². The summed E-state index contributed by atoms with van der Waals surface area (Å²) in [6.07, 6.45) is 1.52. The third-order valence-electron chi connectivity index (χ3n) is 1.42. The molecule has 0 aromatic carbocycles. The molecule has 2 aromatic rings. The van der Waals surface area contributed by atoms with Crippen LogP contribution in [0.1, 0.15) is 5.56 Å². The molecule has 4 nitrogen and oxygen atoms in total. The van der Waals surface area contributed by atoms with Gasteiger partial charge < -0.3 is 0 Å². The second-order valence-electron chi connectivity index (χ2n) is 2.25. The standard InChI is InChI=1S/C6H5ClN4/c1-4-2-5(7)10-11-3-8-9-6(4)11/h2-3H,1H3. The van der Waals surface area contributed by atoms with Crippen LogP contribution < -0.4 is 0 Å². The lowest BCUT2D eigenvalue weighted by molar-refractivity contribution is 0.920. The van der Waals surface area contributed by atoms with Crippen LogP contribution in [0.2, 0.25) is 5.15 Å². The van der Waals surface area contributed by atoms with Crippen molar-refractivity contribution >= 4 is 17.2 Å². The molecule has 56 valence electrons. The number of hydrogen-bond donors (Lipinski definition) is 0. The van der Waals surface area contributed by atoms with E-state index in [1.807, 2.05) is 6.92 Å². The Morgan fingerprint density at radius 1 is 1.55 bits per heavy atom. The molecule has 0 saturated heterocycles. The molecule has 0 aliphatic carbocycles. The molecule has 0 amide bonds. The molecule has 0 bridgehead atoms. The van der Waals surface area contributed by atoms with Gasteiger partial charge in [-0.25, -0.2) is 0 Å². The smallest absolute Gasteiger partial charge is 0.180 e. The Hall–Kier alpha value is -1.16. The van der Waals surface area contributed by atoms with Gasteiger partial charge in [-0.05, 0) is 18.6 Å². The van der Waals surface area contributed by atoms with Crippen LogP contribution in [0.5, 0.6) is 0 Å². The summed E-state index contributed by atoms with van der Waals surface area (Å²) in [6, 6.07) is 1.76. The Morgan fingerprint density at radius 2 is 2.36 bits per heavy atom. The maximum atomic E-state index is 5.69. The van der Waals surface area contributed by atoms with Gasteiger partial charge >= 0.3 is 0 Å². The maximum absolute atomic E-state index is 5.69. The number of aromatic nitrogens is 4. The van der Waals surface area contributed by atoms with Crippen LogP contribution in [-0.2, 0) is 0 Å². The normalized spacial score (nSPS) is 10.7. The fourth-order valence-electron chi connectivity index (χ4n) is 0.938. The summed E-state index contributed by atoms with van der Waals surface area (Å²) in [4.78, 5) is 0. The van der Waals surface area contributed by atoms with Crippen LogP contribution in [0.4, 0.5) is 0 Å². The van der Waals surface area contributed by atoms with Crippen LogP contribution in [-0.4, -0.2) is 19.8 Å². The van der Waals surface area contributed by atoms with Crippen molar-refractivity contribution in [3.8, 4) is 0 Å². The first kappa shape index (κ1) is 6.54. The molecule has 0 fully saturated rings. The van der Waals surface area contributed by atoms with Crippen molar-refractivity contribution in [1.82, 2.24) is 19.8 Å². The first-order valence-electron chi connectivity index (χ1n) is 3.10. The van der Waals surface area contributed by atoms with Gasteiger partial charge in [-0.2, -0.15) is 9.61 Å². The van der Waals surface area contributed by atoms with Gasteiger partial charge in [-0.1, -0.05) is 11.6 Å². The van der Waals surface area contributed by atoms with Crippen molar-refractivity contribution in [3.05, 3.63) is 23.1 Å². The van der Waals surface area contributed by atoms with E-state index in [1.165, 1.54) is 6.33 Å². The van der Waals surface area contributed by atoms with E-state index in [0.717, 1.165) is 11.2 Å². The number of fused-ring (bicyclic) bond motifs is 1. The van der Waals surface area contributed by atoms with Gasteiger partial charge in [-0.15, -0.1) is 10.2 Å². The fourth-order valence-corrected chi connectivity index (χ4v) is 1.18. The molecule has 2 aromatic heterocycles. The van der Waals surface area contributed by atoms with Gasteiger partial charge in [0.15, 0.2) is 5.65 Å². The summed E-state index contributed by atoms with van der Waals surface area (Å²) in [5, 5.41) is 12.0. The van der Waals surface area contributed by atoms with Crippen molar-refractivity contribution in [3.63, 3.8) is 0 Å². The second kappa shape index (κ2) is 2.17. The molecule has 5 heteroatoms. The predicted octanol–water partition coefficient (Wildman–Crippen LogP) is 1.09. The largest absolute Gasteiger partial charge is 0.199 e. The summed E-state index contributed by atoms with van der Waals surface area (Å²) in [5.41, 5.74) is 1.72. The zero-order valence-corrected chi connectivity index (χ0v) is 6.58. The van der Waals surface area contributed by atoms with Crippen LogP contribution in [0.15, 0.2) is 12.4 Å². The molecule has 0 spiro atoms. The average molecular weight is 169 g/mol. The molecule has 0 N–H and O–H groups in total. The highest BCUT2D eigenvalue weighted by Gasteiger charge is 2.00. The molecular formula is C6H5ClN4. The zero-order chi connectivity index (χ0) is 7.84. The van der Waals surface area contributed by atoms with Gasteiger partial charge in [0, 0.05) is 0 Å². The molecule has 0 atom stereocenters. The Kier molecular flexibility index (Phi) is 1.29. The summed E-state index contributed by atoms with van der Waals surface area (Å²) < 4.78 is 1.55. The van der Waals surface area contributed by atoms with E-state index in [9.17, 15) is 0 Å². The highest BCUT2D eigenvalue weighted by molar-refractivity contribution is 6.29. The number of aryl methyl sites for hydroxylation is 1. The molecule has 0 unspecified atom stereocenters. The molecule has 0 saturated carbocycles. The van der Waals surface area contributed by atoms with Gasteiger partial charge in [-0.3, -0.25) is 0 Å². The highest BCUT2D eigenvalue weighted by atomic mass is 35.5. The highest BCUT2D eigenvalue weighted by Crippen LogP contribution is 2.10. The van der Waals surface area contributed by atoms with E-state index in [2.05, 4.69) is 15.3 Å². The van der Waals surface area contributed by atoms with Crippen molar-refractivity contribution in [2.45, 2.75) is 6.92 Å². The number of nitrogens with zero attached hydrogens (tertiary/aromatic N) is 4. The summed E-state index contributed by atoms with van der Waals surface area (Å²) in [5.74, 6) is 0. The predicted molar refractivity (Wildman–Crippen MR) is 40.5 cm³/mol. The Balaban J connectivity index is 2.91.